The van der Waals surface area contributed by atoms with E-state index in [1.54, 1.807) is 0 Å². The number of aliphatic hydroxyl groups excluding tert-OH is 1. The highest BCUT2D eigenvalue weighted by Crippen LogP contribution is 2.21. The molecule has 0 aromatic rings. The summed E-state index contributed by atoms with van der Waals surface area (Å²) in [6.07, 6.45) is 1.50. The van der Waals surface area contributed by atoms with Crippen molar-refractivity contribution >= 4 is 5.97 Å². The van der Waals surface area contributed by atoms with Gasteiger partial charge in [-0.05, 0) is 6.42 Å². The van der Waals surface area contributed by atoms with Crippen LogP contribution in [0.1, 0.15) is 19.8 Å². The van der Waals surface area contributed by atoms with E-state index in [-0.39, 0.29) is 0 Å². The highest BCUT2D eigenvalue weighted by molar-refractivity contribution is 5.85. The van der Waals surface area contributed by atoms with Gasteiger partial charge in [0.15, 0.2) is 6.10 Å². The first-order valence-corrected chi connectivity index (χ1v) is 4.31. The van der Waals surface area contributed by atoms with E-state index in [0.29, 0.717) is 18.6 Å². The summed E-state index contributed by atoms with van der Waals surface area (Å²) < 4.78 is 9.86. The largest absolute Gasteiger partial charge is 0.497 e. The average Bonchev–Trinajstić information content (AvgIpc) is 2.46. The number of rotatable bonds is 4. The second kappa shape index (κ2) is 4.28. The molecule has 0 bridgehead atoms. The Labute approximate surface area is 77.1 Å². The molecule has 0 radical (unpaired) electrons. The van der Waals surface area contributed by atoms with Crippen molar-refractivity contribution in [1.82, 2.24) is 0 Å². The molecule has 0 unspecified atom stereocenters. The van der Waals surface area contributed by atoms with Gasteiger partial charge in [-0.3, -0.25) is 0 Å². The molecule has 4 nitrogen and oxygen atoms in total. The number of aliphatic hydroxyl groups is 1. The standard InChI is InChI=1S/C9H14O4/c1-3-6(10)4-8-7(12-2)5-9(11)13-8/h5-6,8,10H,3-4H2,1-2H3/t6-,8-/m0/s1. The SMILES string of the molecule is CC[C@H](O)C[C@@H]1OC(=O)C=C1OC. The number of carbonyl (C=O) groups is 1. The topological polar surface area (TPSA) is 55.8 Å². The summed E-state index contributed by atoms with van der Waals surface area (Å²) in [5, 5.41) is 9.34. The second-order valence-corrected chi connectivity index (χ2v) is 2.97. The van der Waals surface area contributed by atoms with E-state index in [1.807, 2.05) is 6.92 Å². The van der Waals surface area contributed by atoms with E-state index in [1.165, 1.54) is 13.2 Å². The molecule has 0 aliphatic carbocycles. The summed E-state index contributed by atoms with van der Waals surface area (Å²) in [4.78, 5) is 10.8. The first kappa shape index (κ1) is 10.1. The van der Waals surface area contributed by atoms with Crippen molar-refractivity contribution in [3.8, 4) is 0 Å². The fourth-order valence-corrected chi connectivity index (χ4v) is 1.21. The summed E-state index contributed by atoms with van der Waals surface area (Å²) in [5.74, 6) is 0.0997. The Hall–Kier alpha value is -1.03. The lowest BCUT2D eigenvalue weighted by atomic mass is 10.1. The Bertz CT molecular complexity index is 222. The molecule has 1 aliphatic rings. The molecule has 13 heavy (non-hydrogen) atoms. The highest BCUT2D eigenvalue weighted by Gasteiger charge is 2.28. The Kier molecular flexibility index (Phi) is 3.31. The lowest BCUT2D eigenvalue weighted by Crippen LogP contribution is -2.20. The molecule has 4 heteroatoms. The van der Waals surface area contributed by atoms with E-state index < -0.39 is 18.2 Å². The summed E-state index contributed by atoms with van der Waals surface area (Å²) >= 11 is 0. The van der Waals surface area contributed by atoms with Crippen LogP contribution in [0.5, 0.6) is 0 Å². The lowest BCUT2D eigenvalue weighted by molar-refractivity contribution is -0.140. The normalized spacial score (nSPS) is 23.8. The fourth-order valence-electron chi connectivity index (χ4n) is 1.21. The predicted octanol–water partition coefficient (Wildman–Crippen LogP) is 0.603. The van der Waals surface area contributed by atoms with Crippen LogP contribution < -0.4 is 0 Å². The zero-order valence-corrected chi connectivity index (χ0v) is 7.82. The second-order valence-electron chi connectivity index (χ2n) is 2.97. The molecule has 0 aromatic carbocycles. The van der Waals surface area contributed by atoms with E-state index in [9.17, 15) is 9.90 Å². The minimum atomic E-state index is -0.450. The Balaban J connectivity index is 2.52. The van der Waals surface area contributed by atoms with Crippen molar-refractivity contribution in [2.45, 2.75) is 32.0 Å². The van der Waals surface area contributed by atoms with Crippen LogP contribution in [0.3, 0.4) is 0 Å². The minimum absolute atomic E-state index is 0.398. The van der Waals surface area contributed by atoms with Crippen LogP contribution in [0.25, 0.3) is 0 Å². The van der Waals surface area contributed by atoms with Gasteiger partial charge in [0.25, 0.3) is 0 Å². The van der Waals surface area contributed by atoms with Crippen molar-refractivity contribution in [1.29, 1.82) is 0 Å². The monoisotopic (exact) mass is 186 g/mol. The van der Waals surface area contributed by atoms with Crippen LogP contribution in [0.4, 0.5) is 0 Å². The van der Waals surface area contributed by atoms with Crippen LogP contribution in [-0.2, 0) is 14.3 Å². The first-order valence-electron chi connectivity index (χ1n) is 4.31. The van der Waals surface area contributed by atoms with Crippen molar-refractivity contribution in [3.05, 3.63) is 11.8 Å². The Morgan fingerprint density at radius 2 is 2.46 bits per heavy atom. The van der Waals surface area contributed by atoms with Gasteiger partial charge in [-0.1, -0.05) is 6.92 Å². The third-order valence-corrected chi connectivity index (χ3v) is 2.03. The molecule has 1 aliphatic heterocycles. The molecule has 0 saturated carbocycles. The van der Waals surface area contributed by atoms with Gasteiger partial charge in [-0.2, -0.15) is 0 Å². The van der Waals surface area contributed by atoms with E-state index in [2.05, 4.69) is 0 Å². The van der Waals surface area contributed by atoms with Gasteiger partial charge >= 0.3 is 5.97 Å². The fraction of sp³-hybridized carbons (Fsp3) is 0.667. The molecule has 0 fully saturated rings. The van der Waals surface area contributed by atoms with E-state index in [4.69, 9.17) is 9.47 Å². The number of hydrogen-bond acceptors (Lipinski definition) is 4. The molecule has 1 rings (SSSR count). The molecular weight excluding hydrogens is 172 g/mol. The molecule has 1 N–H and O–H groups in total. The maximum absolute atomic E-state index is 10.8. The molecule has 74 valence electrons. The van der Waals surface area contributed by atoms with Gasteiger partial charge in [0, 0.05) is 6.42 Å². The molecule has 0 aromatic heterocycles. The van der Waals surface area contributed by atoms with Crippen molar-refractivity contribution < 1.29 is 19.4 Å². The third-order valence-electron chi connectivity index (χ3n) is 2.03. The van der Waals surface area contributed by atoms with Gasteiger partial charge in [0.1, 0.15) is 5.76 Å². The molecule has 0 spiro atoms. The van der Waals surface area contributed by atoms with Crippen LogP contribution in [-0.4, -0.2) is 30.4 Å². The molecule has 1 heterocycles. The van der Waals surface area contributed by atoms with Gasteiger partial charge in [-0.25, -0.2) is 4.79 Å². The van der Waals surface area contributed by atoms with Crippen LogP contribution in [0.15, 0.2) is 11.8 Å². The Morgan fingerprint density at radius 3 is 3.00 bits per heavy atom. The summed E-state index contributed by atoms with van der Waals surface area (Å²) in [5.41, 5.74) is 0. The highest BCUT2D eigenvalue weighted by atomic mass is 16.6. The summed E-state index contributed by atoms with van der Waals surface area (Å²) in [6.45, 7) is 1.87. The smallest absolute Gasteiger partial charge is 0.335 e. The number of ether oxygens (including phenoxy) is 2. The van der Waals surface area contributed by atoms with E-state index in [0.717, 1.165) is 0 Å². The lowest BCUT2D eigenvalue weighted by Gasteiger charge is -2.15. The van der Waals surface area contributed by atoms with Crippen LogP contribution >= 0.6 is 0 Å². The Morgan fingerprint density at radius 1 is 1.77 bits per heavy atom. The maximum atomic E-state index is 10.8. The molecule has 0 amide bonds. The van der Waals surface area contributed by atoms with Crippen molar-refractivity contribution in [2.24, 2.45) is 0 Å². The van der Waals surface area contributed by atoms with Crippen molar-refractivity contribution in [3.63, 3.8) is 0 Å². The molecular formula is C9H14O4. The molecule has 2 atom stereocenters. The number of cyclic esters (lactones) is 1. The van der Waals surface area contributed by atoms with Crippen molar-refractivity contribution in [2.75, 3.05) is 7.11 Å². The first-order chi connectivity index (χ1) is 6.17. The predicted molar refractivity (Wildman–Crippen MR) is 45.9 cm³/mol. The van der Waals surface area contributed by atoms with Gasteiger partial charge in [-0.15, -0.1) is 0 Å². The summed E-state index contributed by atoms with van der Waals surface area (Å²) in [7, 11) is 1.49. The van der Waals surface area contributed by atoms with Gasteiger partial charge < -0.3 is 14.6 Å². The quantitative estimate of drug-likeness (QED) is 0.653. The summed E-state index contributed by atoms with van der Waals surface area (Å²) in [6, 6.07) is 0. The van der Waals surface area contributed by atoms with Gasteiger partial charge in [0.05, 0.1) is 19.3 Å². The van der Waals surface area contributed by atoms with Crippen LogP contribution in [0.2, 0.25) is 0 Å². The third kappa shape index (κ3) is 2.45. The zero-order valence-electron chi connectivity index (χ0n) is 7.82. The number of esters is 1. The maximum Gasteiger partial charge on any atom is 0.335 e. The molecule has 0 saturated heterocycles. The average molecular weight is 186 g/mol. The van der Waals surface area contributed by atoms with Crippen LogP contribution in [0, 0.1) is 0 Å². The number of carbonyl (C=O) groups excluding carboxylic acids is 1. The van der Waals surface area contributed by atoms with E-state index >= 15 is 0 Å². The number of hydrogen-bond donors (Lipinski definition) is 1. The zero-order chi connectivity index (χ0) is 9.84. The minimum Gasteiger partial charge on any atom is -0.497 e. The number of methoxy groups -OCH3 is 1. The van der Waals surface area contributed by atoms with Gasteiger partial charge in [0.2, 0.25) is 0 Å².